The molecule has 0 aliphatic carbocycles. The van der Waals surface area contributed by atoms with Gasteiger partial charge in [-0.25, -0.2) is 9.59 Å². The summed E-state index contributed by atoms with van der Waals surface area (Å²) in [5, 5.41) is 10.5. The van der Waals surface area contributed by atoms with Gasteiger partial charge in [0.05, 0.1) is 41.5 Å². The van der Waals surface area contributed by atoms with E-state index in [1.54, 1.807) is 77.4 Å². The number of aromatic nitrogens is 6. The molecule has 20 heteroatoms. The van der Waals surface area contributed by atoms with Crippen LogP contribution >= 0.6 is 15.9 Å². The lowest BCUT2D eigenvalue weighted by Gasteiger charge is -2.32. The SMILES string of the molecule is C.C.CC(=O)Oc1ccc2ncc(-c3cnn(CCN(C)C(=O)OC(C)(C)C)c3)cc2c1.CC(=O)Oc1ccc2ncc(Br)cc2c1.CN(CCn1cc(B2OC(C)(C)C(C)(C)O2)cn1)C(=O)OC(C)(C)C. The minimum atomic E-state index is -0.525. The second-order valence-electron chi connectivity index (χ2n) is 19.7. The van der Waals surface area contributed by atoms with E-state index in [0.29, 0.717) is 37.7 Å². The quantitative estimate of drug-likeness (QED) is 0.0715. The minimum absolute atomic E-state index is 0. The third-order valence-electron chi connectivity index (χ3n) is 10.7. The highest BCUT2D eigenvalue weighted by Gasteiger charge is 2.52. The predicted octanol–water partition coefficient (Wildman–Crippen LogP) is 10.1. The summed E-state index contributed by atoms with van der Waals surface area (Å²) in [6.45, 7) is 24.0. The average Bonchev–Trinajstić information content (AvgIpc) is 3.98. The second kappa shape index (κ2) is 24.8. The van der Waals surface area contributed by atoms with Crippen LogP contribution < -0.4 is 14.9 Å². The molecule has 7 rings (SSSR count). The number of ether oxygens (including phenoxy) is 4. The normalized spacial score (nSPS) is 13.5. The van der Waals surface area contributed by atoms with Gasteiger partial charge in [-0.3, -0.25) is 28.9 Å². The van der Waals surface area contributed by atoms with Crippen LogP contribution in [-0.4, -0.2) is 120 Å². The van der Waals surface area contributed by atoms with Crippen LogP contribution in [0.4, 0.5) is 9.59 Å². The minimum Gasteiger partial charge on any atom is -0.444 e. The first-order valence-electron chi connectivity index (χ1n) is 22.7. The Labute approximate surface area is 432 Å². The Morgan fingerprint density at radius 2 is 1.08 bits per heavy atom. The van der Waals surface area contributed by atoms with E-state index in [4.69, 9.17) is 28.3 Å². The summed E-state index contributed by atoms with van der Waals surface area (Å²) in [5.74, 6) is 0.332. The number of carbonyl (C=O) groups is 4. The van der Waals surface area contributed by atoms with E-state index in [2.05, 4.69) is 36.1 Å². The van der Waals surface area contributed by atoms with Crippen molar-refractivity contribution in [3.63, 3.8) is 0 Å². The molecule has 5 heterocycles. The molecule has 0 saturated carbocycles. The molecule has 0 unspecified atom stereocenters. The molecule has 0 bridgehead atoms. The van der Waals surface area contributed by atoms with E-state index in [-0.39, 0.29) is 50.2 Å². The molecule has 6 aromatic rings. The van der Waals surface area contributed by atoms with Crippen LogP contribution in [-0.2, 0) is 41.5 Å². The van der Waals surface area contributed by atoms with E-state index < -0.39 is 18.3 Å². The lowest BCUT2D eigenvalue weighted by atomic mass is 9.82. The number of benzene rings is 2. The number of hydrogen-bond acceptors (Lipinski definition) is 14. The molecule has 18 nitrogen and oxygen atoms in total. The number of nitrogens with zero attached hydrogens (tertiary/aromatic N) is 8. The molecular weight excluding hydrogens is 987 g/mol. The maximum Gasteiger partial charge on any atom is 0.498 e. The number of hydrogen-bond donors (Lipinski definition) is 0. The number of halogens is 1. The van der Waals surface area contributed by atoms with Gasteiger partial charge in [-0.05, 0) is 134 Å². The van der Waals surface area contributed by atoms with Gasteiger partial charge in [0, 0.05) is 104 Å². The standard InChI is InChI=1S/C22H26N4O4.C17H30BN3O4.C11H8BrNO2.2CH4/c1-15(27)29-19-6-7-20-16(11-19)10-17(12-23-20)18-13-24-26(14-18)9-8-25(5)21(28)30-22(2,3)4;1-15(2,3)23-14(22)20(8)9-10-21-12-13(11-19-21)18-24-16(4,5)17(6,7)25-18;1-7(14)15-10-2-3-11-8(5-10)4-9(12)6-13-11;;/h6-7,10-14H,8-9H2,1-5H3;11-12H,9-10H2,1-8H3;2-6H,1H3;2*1H4. The second-order valence-corrected chi connectivity index (χ2v) is 20.6. The number of pyridine rings is 2. The Balaban J connectivity index is 0.000000295. The van der Waals surface area contributed by atoms with Gasteiger partial charge in [0.2, 0.25) is 0 Å². The lowest BCUT2D eigenvalue weighted by Crippen LogP contribution is -2.41. The molecule has 390 valence electrons. The summed E-state index contributed by atoms with van der Waals surface area (Å²) in [6, 6.07) is 14.5. The summed E-state index contributed by atoms with van der Waals surface area (Å²) in [7, 11) is 2.99. The maximum atomic E-state index is 12.1. The van der Waals surface area contributed by atoms with E-state index >= 15 is 0 Å². The summed E-state index contributed by atoms with van der Waals surface area (Å²) >= 11 is 3.34. The van der Waals surface area contributed by atoms with Crippen LogP contribution in [0.3, 0.4) is 0 Å². The Morgan fingerprint density at radius 3 is 1.56 bits per heavy atom. The third kappa shape index (κ3) is 17.7. The highest BCUT2D eigenvalue weighted by molar-refractivity contribution is 9.10. The van der Waals surface area contributed by atoms with Crippen LogP contribution in [0.25, 0.3) is 32.9 Å². The number of amides is 2. The molecule has 1 aliphatic rings. The third-order valence-corrected chi connectivity index (χ3v) is 11.1. The molecule has 4 aromatic heterocycles. The fourth-order valence-electron chi connectivity index (χ4n) is 6.41. The zero-order valence-electron chi connectivity index (χ0n) is 42.5. The van der Waals surface area contributed by atoms with Gasteiger partial charge in [0.15, 0.2) is 0 Å². The van der Waals surface area contributed by atoms with E-state index in [1.807, 2.05) is 106 Å². The molecule has 0 spiro atoms. The van der Waals surface area contributed by atoms with Crippen molar-refractivity contribution in [2.24, 2.45) is 0 Å². The van der Waals surface area contributed by atoms with Gasteiger partial charge in [-0.1, -0.05) is 14.9 Å². The Hall–Kier alpha value is -6.38. The highest BCUT2D eigenvalue weighted by atomic mass is 79.9. The number of rotatable bonds is 10. The Morgan fingerprint density at radius 1 is 0.639 bits per heavy atom. The summed E-state index contributed by atoms with van der Waals surface area (Å²) < 4.78 is 37.3. The van der Waals surface area contributed by atoms with Crippen molar-refractivity contribution in [1.29, 1.82) is 0 Å². The first-order valence-corrected chi connectivity index (χ1v) is 23.5. The monoisotopic (exact) mass is 1060 g/mol. The first-order chi connectivity index (χ1) is 32.6. The van der Waals surface area contributed by atoms with Crippen LogP contribution in [0.2, 0.25) is 0 Å². The first kappa shape index (κ1) is 59.9. The zero-order chi connectivity index (χ0) is 51.8. The molecule has 1 saturated heterocycles. The van der Waals surface area contributed by atoms with Crippen molar-refractivity contribution in [2.75, 3.05) is 27.2 Å². The molecule has 2 aromatic carbocycles. The zero-order valence-corrected chi connectivity index (χ0v) is 44.1. The number of likely N-dealkylation sites (N-methyl/N-ethyl adjacent to an activating group) is 2. The van der Waals surface area contributed by atoms with Crippen molar-refractivity contribution >= 4 is 74.4 Å². The van der Waals surface area contributed by atoms with Gasteiger partial charge >= 0.3 is 31.2 Å². The molecule has 72 heavy (non-hydrogen) atoms. The van der Waals surface area contributed by atoms with E-state index in [0.717, 1.165) is 42.9 Å². The van der Waals surface area contributed by atoms with Crippen molar-refractivity contribution in [3.8, 4) is 22.6 Å². The van der Waals surface area contributed by atoms with Gasteiger partial charge in [0.25, 0.3) is 0 Å². The molecule has 0 N–H and O–H groups in total. The van der Waals surface area contributed by atoms with Crippen LogP contribution in [0.15, 0.2) is 90.2 Å². The van der Waals surface area contributed by atoms with Gasteiger partial charge in [-0.15, -0.1) is 0 Å². The maximum absolute atomic E-state index is 12.1. The molecular formula is C52H72BBrN8O10. The van der Waals surface area contributed by atoms with E-state index in [9.17, 15) is 19.2 Å². The van der Waals surface area contributed by atoms with Crippen molar-refractivity contribution < 1.29 is 47.4 Å². The Bertz CT molecular complexity index is 2780. The molecule has 0 atom stereocenters. The topological polar surface area (TPSA) is 192 Å². The summed E-state index contributed by atoms with van der Waals surface area (Å²) in [5.41, 5.74) is 2.57. The van der Waals surface area contributed by atoms with E-state index in [1.165, 1.54) is 18.7 Å². The number of fused-ring (bicyclic) bond motifs is 2. The summed E-state index contributed by atoms with van der Waals surface area (Å²) in [4.78, 5) is 57.7. The molecule has 1 aliphatic heterocycles. The predicted molar refractivity (Wildman–Crippen MR) is 284 cm³/mol. The van der Waals surface area contributed by atoms with Gasteiger partial charge in [0.1, 0.15) is 22.7 Å². The average molecular weight is 1060 g/mol. The fraction of sp³-hybridized carbons (Fsp3) is 0.462. The lowest BCUT2D eigenvalue weighted by molar-refractivity contribution is -0.132. The number of esters is 2. The molecule has 2 amide bonds. The van der Waals surface area contributed by atoms with Crippen molar-refractivity contribution in [2.45, 2.75) is 133 Å². The van der Waals surface area contributed by atoms with Crippen LogP contribution in [0.1, 0.15) is 97.9 Å². The fourth-order valence-corrected chi connectivity index (χ4v) is 6.76. The molecule has 0 radical (unpaired) electrons. The van der Waals surface area contributed by atoms with Crippen molar-refractivity contribution in [1.82, 2.24) is 39.3 Å². The largest absolute Gasteiger partial charge is 0.498 e. The van der Waals surface area contributed by atoms with Crippen molar-refractivity contribution in [3.05, 3.63) is 90.2 Å². The Kier molecular flexibility index (Phi) is 20.7. The smallest absolute Gasteiger partial charge is 0.444 e. The summed E-state index contributed by atoms with van der Waals surface area (Å²) in [6.07, 6.45) is 10.1. The van der Waals surface area contributed by atoms with Gasteiger partial charge < -0.3 is 38.1 Å². The number of carbonyl (C=O) groups excluding carboxylic acids is 4. The van der Waals surface area contributed by atoms with Gasteiger partial charge in [-0.2, -0.15) is 10.2 Å². The van der Waals surface area contributed by atoms with Crippen LogP contribution in [0, 0.1) is 0 Å². The van der Waals surface area contributed by atoms with Crippen LogP contribution in [0.5, 0.6) is 11.5 Å². The highest BCUT2D eigenvalue weighted by Crippen LogP contribution is 2.36. The molecule has 1 fully saturated rings.